The number of likely N-dealkylation sites (tertiary alicyclic amines) is 1. The van der Waals surface area contributed by atoms with Gasteiger partial charge in [-0.3, -0.25) is 24.5 Å². The van der Waals surface area contributed by atoms with Gasteiger partial charge in [0.2, 0.25) is 17.7 Å². The first kappa shape index (κ1) is 22.0. The third-order valence-electron chi connectivity index (χ3n) is 7.39. The van der Waals surface area contributed by atoms with Crippen molar-refractivity contribution in [2.75, 3.05) is 19.6 Å². The average Bonchev–Trinajstić information content (AvgIpc) is 3.47. The zero-order valence-corrected chi connectivity index (χ0v) is 18.8. The number of piperidine rings is 2. The fraction of sp³-hybridized carbons (Fsp3) is 0.583. The summed E-state index contributed by atoms with van der Waals surface area (Å²) in [4.78, 5) is 53.2. The molecule has 4 heterocycles. The molecule has 0 spiro atoms. The fourth-order valence-electron chi connectivity index (χ4n) is 5.51. The lowest BCUT2D eigenvalue weighted by molar-refractivity contribution is -0.137. The second-order valence-electron chi connectivity index (χ2n) is 9.48. The summed E-state index contributed by atoms with van der Waals surface area (Å²) in [5.74, 6) is -0.578. The van der Waals surface area contributed by atoms with Crippen molar-refractivity contribution < 1.29 is 19.2 Å². The Morgan fingerprint density at radius 3 is 2.64 bits per heavy atom. The largest absolute Gasteiger partial charge is 0.341 e. The molecular formula is C24H31N5O4. The van der Waals surface area contributed by atoms with Crippen molar-refractivity contribution in [3.8, 4) is 0 Å². The van der Waals surface area contributed by atoms with Crippen LogP contribution in [0.1, 0.15) is 60.0 Å². The van der Waals surface area contributed by atoms with E-state index in [0.29, 0.717) is 31.1 Å². The van der Waals surface area contributed by atoms with E-state index < -0.39 is 6.04 Å². The number of benzene rings is 1. The molecule has 4 aliphatic rings. The molecule has 0 aromatic heterocycles. The minimum Gasteiger partial charge on any atom is -0.341 e. The average molecular weight is 454 g/mol. The van der Waals surface area contributed by atoms with Crippen molar-refractivity contribution >= 4 is 23.6 Å². The third kappa shape index (κ3) is 4.39. The quantitative estimate of drug-likeness (QED) is 0.553. The monoisotopic (exact) mass is 453 g/mol. The van der Waals surface area contributed by atoms with E-state index in [1.165, 1.54) is 0 Å². The lowest BCUT2D eigenvalue weighted by Gasteiger charge is -2.34. The molecule has 1 aromatic carbocycles. The SMILES string of the molecule is O=C1CCC(N2Cc3cccc(CNC4CCN(C(=O)[C@@H]5CCCN5)CC4)c3C2=O)C(=O)N1. The van der Waals surface area contributed by atoms with Crippen LogP contribution in [0.25, 0.3) is 0 Å². The minimum atomic E-state index is -0.598. The number of rotatable bonds is 5. The van der Waals surface area contributed by atoms with Gasteiger partial charge < -0.3 is 20.4 Å². The van der Waals surface area contributed by atoms with Gasteiger partial charge in [0.25, 0.3) is 5.91 Å². The summed E-state index contributed by atoms with van der Waals surface area (Å²) in [6.07, 6.45) is 4.40. The fourth-order valence-corrected chi connectivity index (χ4v) is 5.51. The van der Waals surface area contributed by atoms with Crippen LogP contribution in [-0.4, -0.2) is 71.2 Å². The van der Waals surface area contributed by atoms with Gasteiger partial charge in [-0.1, -0.05) is 18.2 Å². The van der Waals surface area contributed by atoms with E-state index in [0.717, 1.165) is 56.4 Å². The number of hydrogen-bond acceptors (Lipinski definition) is 6. The second-order valence-corrected chi connectivity index (χ2v) is 9.48. The Kier molecular flexibility index (Phi) is 6.16. The predicted octanol–water partition coefficient (Wildman–Crippen LogP) is 0.280. The van der Waals surface area contributed by atoms with Crippen LogP contribution in [0.3, 0.4) is 0 Å². The number of carbonyl (C=O) groups is 4. The summed E-state index contributed by atoms with van der Waals surface area (Å²) >= 11 is 0. The Hall–Kier alpha value is -2.78. The highest BCUT2D eigenvalue weighted by Crippen LogP contribution is 2.30. The molecule has 4 aliphatic heterocycles. The molecule has 33 heavy (non-hydrogen) atoms. The van der Waals surface area contributed by atoms with Gasteiger partial charge in [0.05, 0.1) is 6.04 Å². The Labute approximate surface area is 193 Å². The van der Waals surface area contributed by atoms with Gasteiger partial charge in [0.1, 0.15) is 6.04 Å². The van der Waals surface area contributed by atoms with Crippen LogP contribution in [0, 0.1) is 0 Å². The van der Waals surface area contributed by atoms with Gasteiger partial charge in [-0.25, -0.2) is 0 Å². The number of carbonyl (C=O) groups excluding carboxylic acids is 4. The van der Waals surface area contributed by atoms with Crippen LogP contribution in [-0.2, 0) is 27.5 Å². The van der Waals surface area contributed by atoms with Crippen LogP contribution in [0.2, 0.25) is 0 Å². The van der Waals surface area contributed by atoms with Crippen LogP contribution >= 0.6 is 0 Å². The van der Waals surface area contributed by atoms with E-state index in [-0.39, 0.29) is 36.1 Å². The summed E-state index contributed by atoms with van der Waals surface area (Å²) in [6, 6.07) is 5.53. The lowest BCUT2D eigenvalue weighted by Crippen LogP contribution is -2.52. The van der Waals surface area contributed by atoms with Gasteiger partial charge in [-0.05, 0) is 49.8 Å². The van der Waals surface area contributed by atoms with E-state index in [9.17, 15) is 19.2 Å². The standard InChI is InChI=1S/C24H31N5O4/c30-20-7-6-19(22(31)27-20)29-14-16-4-1-3-15(21(16)24(29)33)13-26-17-8-11-28(12-9-17)23(32)18-5-2-10-25-18/h1,3-4,17-19,25-26H,2,5-14H2,(H,27,30,31)/t18-,19?/m0/s1. The predicted molar refractivity (Wildman–Crippen MR) is 120 cm³/mol. The molecule has 9 heteroatoms. The van der Waals surface area contributed by atoms with Gasteiger partial charge in [0.15, 0.2) is 0 Å². The van der Waals surface area contributed by atoms with Crippen molar-refractivity contribution in [1.29, 1.82) is 0 Å². The van der Waals surface area contributed by atoms with E-state index in [2.05, 4.69) is 16.0 Å². The molecule has 176 valence electrons. The highest BCUT2D eigenvalue weighted by molar-refractivity contribution is 6.06. The summed E-state index contributed by atoms with van der Waals surface area (Å²) in [6.45, 7) is 3.40. The molecule has 0 bridgehead atoms. The Balaban J connectivity index is 1.18. The molecule has 9 nitrogen and oxygen atoms in total. The zero-order valence-electron chi connectivity index (χ0n) is 18.8. The highest BCUT2D eigenvalue weighted by atomic mass is 16.2. The van der Waals surface area contributed by atoms with Crippen molar-refractivity contribution in [3.63, 3.8) is 0 Å². The Morgan fingerprint density at radius 1 is 1.09 bits per heavy atom. The summed E-state index contributed by atoms with van der Waals surface area (Å²) in [5.41, 5.74) is 2.53. The number of nitrogens with one attached hydrogen (secondary N) is 3. The summed E-state index contributed by atoms with van der Waals surface area (Å²) in [7, 11) is 0. The normalized spacial score (nSPS) is 26.0. The molecule has 0 aliphatic carbocycles. The summed E-state index contributed by atoms with van der Waals surface area (Å²) < 4.78 is 0. The summed E-state index contributed by atoms with van der Waals surface area (Å²) in [5, 5.41) is 9.21. The molecule has 1 aromatic rings. The first-order chi connectivity index (χ1) is 16.0. The topological polar surface area (TPSA) is 111 Å². The third-order valence-corrected chi connectivity index (χ3v) is 7.39. The van der Waals surface area contributed by atoms with Crippen molar-refractivity contribution in [1.82, 2.24) is 25.8 Å². The van der Waals surface area contributed by atoms with Gasteiger partial charge in [-0.2, -0.15) is 0 Å². The van der Waals surface area contributed by atoms with Crippen LogP contribution in [0.4, 0.5) is 0 Å². The maximum atomic E-state index is 13.2. The van der Waals surface area contributed by atoms with Crippen molar-refractivity contribution in [2.45, 2.75) is 69.7 Å². The molecule has 3 fully saturated rings. The number of imide groups is 1. The molecular weight excluding hydrogens is 422 g/mol. The van der Waals surface area contributed by atoms with Crippen LogP contribution in [0.5, 0.6) is 0 Å². The van der Waals surface area contributed by atoms with Crippen molar-refractivity contribution in [2.24, 2.45) is 0 Å². The zero-order chi connectivity index (χ0) is 22.9. The number of amides is 4. The number of fused-ring (bicyclic) bond motifs is 1. The highest BCUT2D eigenvalue weighted by Gasteiger charge is 2.40. The van der Waals surface area contributed by atoms with E-state index >= 15 is 0 Å². The lowest BCUT2D eigenvalue weighted by atomic mass is 10.0. The molecule has 1 unspecified atom stereocenters. The van der Waals surface area contributed by atoms with Gasteiger partial charge >= 0.3 is 0 Å². The smallest absolute Gasteiger partial charge is 0.255 e. The second kappa shape index (κ2) is 9.23. The van der Waals surface area contributed by atoms with Crippen molar-refractivity contribution in [3.05, 3.63) is 34.9 Å². The molecule has 3 saturated heterocycles. The van der Waals surface area contributed by atoms with E-state index in [4.69, 9.17) is 0 Å². The van der Waals surface area contributed by atoms with E-state index in [1.54, 1.807) is 4.90 Å². The maximum absolute atomic E-state index is 13.2. The van der Waals surface area contributed by atoms with Crippen LogP contribution in [0.15, 0.2) is 18.2 Å². The van der Waals surface area contributed by atoms with Crippen LogP contribution < -0.4 is 16.0 Å². The molecule has 2 atom stereocenters. The van der Waals surface area contributed by atoms with E-state index in [1.807, 2.05) is 23.1 Å². The first-order valence-corrected chi connectivity index (χ1v) is 12.0. The maximum Gasteiger partial charge on any atom is 0.255 e. The minimum absolute atomic E-state index is 0.0141. The molecule has 0 saturated carbocycles. The molecule has 3 N–H and O–H groups in total. The Bertz CT molecular complexity index is 966. The first-order valence-electron chi connectivity index (χ1n) is 12.0. The molecule has 5 rings (SSSR count). The number of hydrogen-bond donors (Lipinski definition) is 3. The molecule has 0 radical (unpaired) electrons. The Morgan fingerprint density at radius 2 is 1.91 bits per heavy atom. The number of nitrogens with zero attached hydrogens (tertiary/aromatic N) is 2. The van der Waals surface area contributed by atoms with Gasteiger partial charge in [-0.15, -0.1) is 0 Å². The van der Waals surface area contributed by atoms with Gasteiger partial charge in [0, 0.05) is 44.2 Å². The molecule has 4 amide bonds.